The maximum atomic E-state index is 13.5. The van der Waals surface area contributed by atoms with Crippen LogP contribution in [0, 0.1) is 0 Å². The number of aliphatic hydroxyl groups excluding tert-OH is 1. The van der Waals surface area contributed by atoms with E-state index in [9.17, 15) is 45.4 Å². The molecule has 0 aliphatic rings. The fourth-order valence-corrected chi connectivity index (χ4v) is 4.00. The van der Waals surface area contributed by atoms with Gasteiger partial charge in [-0.15, -0.1) is 10.2 Å². The summed E-state index contributed by atoms with van der Waals surface area (Å²) >= 11 is 5.88. The fraction of sp³-hybridized carbons (Fsp3) is 0.320. The molecule has 11 nitrogen and oxygen atoms in total. The summed E-state index contributed by atoms with van der Waals surface area (Å²) in [5, 5.41) is 20.3. The summed E-state index contributed by atoms with van der Waals surface area (Å²) < 4.78 is 93.8. The number of nitrogens with two attached hydrogens (primary N) is 1. The first-order valence-corrected chi connectivity index (χ1v) is 12.9. The molecule has 44 heavy (non-hydrogen) atoms. The van der Waals surface area contributed by atoms with Gasteiger partial charge in [-0.05, 0) is 36.4 Å². The Hall–Kier alpha value is -4.29. The van der Waals surface area contributed by atoms with Crippen LogP contribution in [-0.4, -0.2) is 77.3 Å². The van der Waals surface area contributed by atoms with E-state index in [2.05, 4.69) is 20.5 Å². The summed E-state index contributed by atoms with van der Waals surface area (Å²) in [5.74, 6) is -5.77. The van der Waals surface area contributed by atoms with Gasteiger partial charge in [-0.1, -0.05) is 23.7 Å². The second kappa shape index (κ2) is 12.7. The number of nitrogens with one attached hydrogen (secondary N) is 1. The number of alkyl halides is 7. The average Bonchev–Trinajstić information content (AvgIpc) is 3.56. The molecule has 0 spiro atoms. The van der Waals surface area contributed by atoms with Crippen LogP contribution in [0.3, 0.4) is 0 Å². The van der Waals surface area contributed by atoms with Crippen LogP contribution in [0.1, 0.15) is 16.2 Å². The lowest BCUT2D eigenvalue weighted by Crippen LogP contribution is -2.52. The Morgan fingerprint density at radius 2 is 1.70 bits per heavy atom. The number of amides is 1. The minimum Gasteiger partial charge on any atom is -0.382 e. The van der Waals surface area contributed by atoms with Gasteiger partial charge in [-0.25, -0.2) is 27.9 Å². The largest absolute Gasteiger partial charge is 0.416 e. The highest BCUT2D eigenvalue weighted by Gasteiger charge is 2.47. The maximum absolute atomic E-state index is 13.5. The fourth-order valence-electron chi connectivity index (χ4n) is 3.88. The zero-order chi connectivity index (χ0) is 32.4. The van der Waals surface area contributed by atoms with E-state index >= 15 is 0 Å². The summed E-state index contributed by atoms with van der Waals surface area (Å²) in [5.41, 5.74) is 4.30. The van der Waals surface area contributed by atoms with Crippen molar-refractivity contribution in [1.82, 2.24) is 34.4 Å². The molecule has 0 aliphatic heterocycles. The third kappa shape index (κ3) is 7.08. The van der Waals surface area contributed by atoms with Crippen molar-refractivity contribution in [3.8, 4) is 17.1 Å². The van der Waals surface area contributed by atoms with Crippen LogP contribution in [0.5, 0.6) is 0 Å². The molecule has 4 aromatic rings. The van der Waals surface area contributed by atoms with Crippen molar-refractivity contribution in [3.05, 3.63) is 81.8 Å². The third-order valence-corrected chi connectivity index (χ3v) is 6.50. The molecule has 0 saturated carbocycles. The lowest BCUT2D eigenvalue weighted by Gasteiger charge is -2.23. The molecule has 1 amide bonds. The Labute approximate surface area is 247 Å². The first kappa shape index (κ1) is 32.6. The Bertz CT molecular complexity index is 1670. The molecule has 0 bridgehead atoms. The van der Waals surface area contributed by atoms with Gasteiger partial charge < -0.3 is 16.2 Å². The Kier molecular flexibility index (Phi) is 9.45. The monoisotopic (exact) mass is 650 g/mol. The van der Waals surface area contributed by atoms with Crippen molar-refractivity contribution in [2.24, 2.45) is 5.73 Å². The van der Waals surface area contributed by atoms with Gasteiger partial charge in [0.15, 0.2) is 17.8 Å². The topological polar surface area (TPSA) is 146 Å². The van der Waals surface area contributed by atoms with Crippen LogP contribution >= 0.6 is 11.6 Å². The number of benzene rings is 2. The van der Waals surface area contributed by atoms with E-state index in [1.165, 1.54) is 48.5 Å². The molecule has 2 atom stereocenters. The van der Waals surface area contributed by atoms with Crippen LogP contribution in [0.25, 0.3) is 17.1 Å². The van der Waals surface area contributed by atoms with Crippen molar-refractivity contribution in [2.45, 2.75) is 43.8 Å². The van der Waals surface area contributed by atoms with Crippen LogP contribution in [-0.2, 0) is 13.1 Å². The molecule has 2 heterocycles. The molecule has 2 aromatic heterocycles. The molecule has 19 heteroatoms. The Morgan fingerprint density at radius 1 is 1.05 bits per heavy atom. The number of aliphatic hydroxyl groups is 1. The zero-order valence-corrected chi connectivity index (χ0v) is 22.9. The number of nitrogens with zero attached hydrogens (tertiary/aromatic N) is 6. The lowest BCUT2D eigenvalue weighted by molar-refractivity contribution is -0.207. The summed E-state index contributed by atoms with van der Waals surface area (Å²) in [4.78, 5) is 29.8. The van der Waals surface area contributed by atoms with Gasteiger partial charge in [-0.3, -0.25) is 9.36 Å². The molecule has 0 saturated heterocycles. The molecule has 1 unspecified atom stereocenters. The zero-order valence-electron chi connectivity index (χ0n) is 22.1. The minimum atomic E-state index is -5.02. The number of hydrogen-bond donors (Lipinski definition) is 3. The Morgan fingerprint density at radius 3 is 2.34 bits per heavy atom. The second-order valence-electron chi connectivity index (χ2n) is 9.35. The molecule has 0 aliphatic carbocycles. The molecule has 0 fully saturated rings. The van der Waals surface area contributed by atoms with E-state index in [-0.39, 0.29) is 28.5 Å². The number of rotatable bonds is 11. The van der Waals surface area contributed by atoms with Gasteiger partial charge in [0.25, 0.3) is 5.91 Å². The van der Waals surface area contributed by atoms with Gasteiger partial charge in [0, 0.05) is 17.1 Å². The summed E-state index contributed by atoms with van der Waals surface area (Å²) in [7, 11) is 0. The van der Waals surface area contributed by atoms with E-state index in [4.69, 9.17) is 17.3 Å². The van der Waals surface area contributed by atoms with Gasteiger partial charge in [-0.2, -0.15) is 22.0 Å². The summed E-state index contributed by atoms with van der Waals surface area (Å²) in [6, 6.07) is 8.95. The van der Waals surface area contributed by atoms with Crippen molar-refractivity contribution >= 4 is 17.5 Å². The van der Waals surface area contributed by atoms with Crippen LogP contribution in [0.15, 0.2) is 59.7 Å². The predicted molar refractivity (Wildman–Crippen MR) is 141 cm³/mol. The Balaban J connectivity index is 1.60. The van der Waals surface area contributed by atoms with Gasteiger partial charge in [0.05, 0.1) is 23.8 Å². The molecular formula is C25H22ClF7N8O3. The van der Waals surface area contributed by atoms with Crippen molar-refractivity contribution in [3.63, 3.8) is 0 Å². The highest BCUT2D eigenvalue weighted by Crippen LogP contribution is 2.26. The summed E-state index contributed by atoms with van der Waals surface area (Å²) in [6.07, 6.45) is -10.8. The van der Waals surface area contributed by atoms with Crippen LogP contribution < -0.4 is 16.7 Å². The molecule has 4 N–H and O–H groups in total. The van der Waals surface area contributed by atoms with Crippen molar-refractivity contribution in [2.75, 3.05) is 6.54 Å². The second-order valence-corrected chi connectivity index (χ2v) is 9.79. The number of para-hydroxylation sites is 1. The first-order chi connectivity index (χ1) is 20.6. The molecular weight excluding hydrogens is 629 g/mol. The lowest BCUT2D eigenvalue weighted by atomic mass is 10.1. The number of aromatic nitrogens is 6. The smallest absolute Gasteiger partial charge is 0.382 e. The van der Waals surface area contributed by atoms with E-state index in [0.29, 0.717) is 9.59 Å². The standard InChI is InChI=1S/C25H22ClF7N8O3/c26-14-7-5-13(6-8-14)20-38-40(23(44)39(20)10-18(42)25(31,32)33)11-19-36-12-41(37-19)16-4-2-1-3-15(16)21(43)35-9-17(34)24(29,30)22(27)28/h1-8,12,17-18,22,42H,9-11,34H2,(H,35,43)/t17?,18-/m0/s1. The highest BCUT2D eigenvalue weighted by atomic mass is 35.5. The van der Waals surface area contributed by atoms with Gasteiger partial charge >= 0.3 is 24.2 Å². The minimum absolute atomic E-state index is 0.0750. The third-order valence-electron chi connectivity index (χ3n) is 6.25. The normalized spacial score (nSPS) is 13.7. The molecule has 4 rings (SSSR count). The molecule has 0 radical (unpaired) electrons. The number of hydrogen-bond acceptors (Lipinski definition) is 7. The SMILES string of the molecule is NC(CNC(=O)c1ccccc1-n1cnc(Cn2nc(-c3ccc(Cl)cc3)n(C[C@H](O)C(F)(F)F)c2=O)n1)C(F)(F)C(F)F. The highest BCUT2D eigenvalue weighted by molar-refractivity contribution is 6.30. The number of carbonyl (C=O) groups excluding carboxylic acids is 1. The predicted octanol–water partition coefficient (Wildman–Crippen LogP) is 2.87. The van der Waals surface area contributed by atoms with E-state index in [1.54, 1.807) is 0 Å². The maximum Gasteiger partial charge on any atom is 0.416 e. The quantitative estimate of drug-likeness (QED) is 0.212. The number of carbonyl (C=O) groups is 1. The van der Waals surface area contributed by atoms with Gasteiger partial charge in [0.1, 0.15) is 12.9 Å². The van der Waals surface area contributed by atoms with E-state index < -0.39 is 61.9 Å². The first-order valence-electron chi connectivity index (χ1n) is 12.5. The van der Waals surface area contributed by atoms with Crippen LogP contribution in [0.2, 0.25) is 5.02 Å². The average molecular weight is 651 g/mol. The van der Waals surface area contributed by atoms with E-state index in [0.717, 1.165) is 15.7 Å². The van der Waals surface area contributed by atoms with Crippen molar-refractivity contribution < 1.29 is 40.6 Å². The molecule has 2 aromatic carbocycles. The van der Waals surface area contributed by atoms with Crippen molar-refractivity contribution in [1.29, 1.82) is 0 Å². The van der Waals surface area contributed by atoms with E-state index in [1.807, 2.05) is 0 Å². The molecule has 236 valence electrons. The number of halogens is 8. The summed E-state index contributed by atoms with van der Waals surface area (Å²) in [6.45, 7) is -2.58. The van der Waals surface area contributed by atoms with Gasteiger partial charge in [0.2, 0.25) is 0 Å². The van der Waals surface area contributed by atoms with Crippen LogP contribution in [0.4, 0.5) is 30.7 Å².